The summed E-state index contributed by atoms with van der Waals surface area (Å²) in [4.78, 5) is 31.3. The normalized spacial score (nSPS) is 13.5. The van der Waals surface area contributed by atoms with E-state index in [1.165, 1.54) is 11.8 Å². The van der Waals surface area contributed by atoms with Gasteiger partial charge in [-0.2, -0.15) is 0 Å². The van der Waals surface area contributed by atoms with E-state index in [1.807, 2.05) is 18.0 Å². The molecular weight excluding hydrogens is 354 g/mol. The summed E-state index contributed by atoms with van der Waals surface area (Å²) in [6, 6.07) is 1.68. The fraction of sp³-hybridized carbons (Fsp3) is 0.500. The minimum Gasteiger partial charge on any atom is -0.469 e. The Kier molecular flexibility index (Phi) is 6.17. The Bertz CT molecular complexity index is 870. The molecule has 28 heavy (non-hydrogen) atoms. The van der Waals surface area contributed by atoms with E-state index in [0.29, 0.717) is 36.8 Å². The molecule has 0 fully saturated rings. The number of nitrogens with zero attached hydrogens (tertiary/aromatic N) is 2. The van der Waals surface area contributed by atoms with Gasteiger partial charge in [0.05, 0.1) is 11.8 Å². The van der Waals surface area contributed by atoms with E-state index in [2.05, 4.69) is 24.1 Å². The monoisotopic (exact) mass is 383 g/mol. The van der Waals surface area contributed by atoms with Crippen LogP contribution < -0.4 is 5.32 Å². The van der Waals surface area contributed by atoms with Crippen molar-refractivity contribution in [1.82, 2.24) is 15.2 Å². The lowest BCUT2D eigenvalue weighted by molar-refractivity contribution is -0.132. The van der Waals surface area contributed by atoms with Crippen molar-refractivity contribution in [2.24, 2.45) is 5.92 Å². The highest BCUT2D eigenvalue weighted by Crippen LogP contribution is 2.25. The number of amides is 2. The maximum Gasteiger partial charge on any atom is 0.255 e. The van der Waals surface area contributed by atoms with Crippen LogP contribution in [0.1, 0.15) is 65.2 Å². The average Bonchev–Trinajstić information content (AvgIpc) is 3.10. The first-order valence-corrected chi connectivity index (χ1v) is 9.93. The molecule has 1 N–H and O–H groups in total. The molecule has 1 aliphatic heterocycles. The molecule has 2 aromatic heterocycles. The molecular formula is C22H29N3O3. The molecule has 2 aromatic rings. The summed E-state index contributed by atoms with van der Waals surface area (Å²) >= 11 is 0. The predicted octanol–water partition coefficient (Wildman–Crippen LogP) is 3.54. The Morgan fingerprint density at radius 1 is 1.32 bits per heavy atom. The third-order valence-corrected chi connectivity index (χ3v) is 5.41. The van der Waals surface area contributed by atoms with Gasteiger partial charge in [0.25, 0.3) is 5.91 Å². The Morgan fingerprint density at radius 2 is 2.11 bits per heavy atom. The second kappa shape index (κ2) is 8.59. The molecule has 150 valence electrons. The topological polar surface area (TPSA) is 75.4 Å². The number of pyridine rings is 1. The maximum atomic E-state index is 12.5. The molecule has 2 amide bonds. The highest BCUT2D eigenvalue weighted by atomic mass is 16.3. The first-order chi connectivity index (χ1) is 13.4. The first kappa shape index (κ1) is 20.1. The summed E-state index contributed by atoms with van der Waals surface area (Å²) in [5.41, 5.74) is 4.82. The lowest BCUT2D eigenvalue weighted by atomic mass is 9.94. The summed E-state index contributed by atoms with van der Waals surface area (Å²) in [6.45, 7) is 9.75. The zero-order valence-electron chi connectivity index (χ0n) is 17.2. The number of fused-ring (bicyclic) bond motifs is 1. The zero-order chi connectivity index (χ0) is 20.3. The number of aromatic nitrogens is 1. The third-order valence-electron chi connectivity index (χ3n) is 5.41. The van der Waals surface area contributed by atoms with Crippen LogP contribution in [0.25, 0.3) is 0 Å². The fourth-order valence-electron chi connectivity index (χ4n) is 3.62. The molecule has 0 aromatic carbocycles. The van der Waals surface area contributed by atoms with E-state index < -0.39 is 0 Å². The van der Waals surface area contributed by atoms with Gasteiger partial charge < -0.3 is 14.6 Å². The lowest BCUT2D eigenvalue weighted by Crippen LogP contribution is -2.37. The molecule has 0 saturated heterocycles. The van der Waals surface area contributed by atoms with Crippen LogP contribution in [0.4, 0.5) is 0 Å². The molecule has 0 bridgehead atoms. The Balaban J connectivity index is 1.70. The standard InChI is InChI=1S/C22H29N3O3/c1-14(2)5-6-21(26)25-9-7-19-17(13-25)11-23-15(3)20(19)12-24-22(27)18-8-10-28-16(18)4/h8,10-11,14H,5-7,9,12-13H2,1-4H3,(H,24,27). The predicted molar refractivity (Wildman–Crippen MR) is 107 cm³/mol. The number of furan rings is 1. The number of aryl methyl sites for hydroxylation is 2. The van der Waals surface area contributed by atoms with E-state index in [9.17, 15) is 9.59 Å². The van der Waals surface area contributed by atoms with Gasteiger partial charge in [-0.25, -0.2) is 0 Å². The van der Waals surface area contributed by atoms with Gasteiger partial charge >= 0.3 is 0 Å². The molecule has 6 nitrogen and oxygen atoms in total. The summed E-state index contributed by atoms with van der Waals surface area (Å²) in [5, 5.41) is 2.98. The van der Waals surface area contributed by atoms with Gasteiger partial charge in [-0.3, -0.25) is 14.6 Å². The van der Waals surface area contributed by atoms with Crippen molar-refractivity contribution >= 4 is 11.8 Å². The van der Waals surface area contributed by atoms with Gasteiger partial charge in [-0.05, 0) is 55.4 Å². The number of carbonyl (C=O) groups is 2. The molecule has 0 spiro atoms. The van der Waals surface area contributed by atoms with Gasteiger partial charge in [-0.1, -0.05) is 13.8 Å². The van der Waals surface area contributed by atoms with Gasteiger partial charge in [0, 0.05) is 37.9 Å². The van der Waals surface area contributed by atoms with Crippen molar-refractivity contribution in [3.05, 3.63) is 52.2 Å². The van der Waals surface area contributed by atoms with Crippen LogP contribution in [-0.4, -0.2) is 28.2 Å². The highest BCUT2D eigenvalue weighted by Gasteiger charge is 2.24. The maximum absolute atomic E-state index is 12.5. The smallest absolute Gasteiger partial charge is 0.255 e. The molecule has 0 radical (unpaired) electrons. The van der Waals surface area contributed by atoms with Crippen LogP contribution in [-0.2, 0) is 24.3 Å². The summed E-state index contributed by atoms with van der Waals surface area (Å²) in [7, 11) is 0. The van der Waals surface area contributed by atoms with E-state index in [0.717, 1.165) is 36.2 Å². The molecule has 0 atom stereocenters. The van der Waals surface area contributed by atoms with E-state index >= 15 is 0 Å². The number of hydrogen-bond donors (Lipinski definition) is 1. The SMILES string of the molecule is Cc1ncc2c(c1CNC(=O)c1ccoc1C)CCN(C(=O)CCC(C)C)C2. The molecule has 0 saturated carbocycles. The van der Waals surface area contributed by atoms with Crippen LogP contribution in [0.5, 0.6) is 0 Å². The van der Waals surface area contributed by atoms with Gasteiger partial charge in [0.2, 0.25) is 5.91 Å². The van der Waals surface area contributed by atoms with Crippen molar-refractivity contribution in [1.29, 1.82) is 0 Å². The van der Waals surface area contributed by atoms with Crippen molar-refractivity contribution in [2.45, 2.75) is 60.0 Å². The Morgan fingerprint density at radius 3 is 2.79 bits per heavy atom. The van der Waals surface area contributed by atoms with Gasteiger partial charge in [-0.15, -0.1) is 0 Å². The summed E-state index contributed by atoms with van der Waals surface area (Å²) < 4.78 is 5.21. The van der Waals surface area contributed by atoms with Crippen LogP contribution in [0, 0.1) is 19.8 Å². The largest absolute Gasteiger partial charge is 0.469 e. The van der Waals surface area contributed by atoms with Crippen LogP contribution in [0.15, 0.2) is 22.9 Å². The minimum absolute atomic E-state index is 0.149. The third kappa shape index (κ3) is 4.43. The van der Waals surface area contributed by atoms with Crippen molar-refractivity contribution in [3.8, 4) is 0 Å². The number of rotatable bonds is 6. The zero-order valence-corrected chi connectivity index (χ0v) is 17.2. The minimum atomic E-state index is -0.149. The molecule has 3 rings (SSSR count). The second-order valence-corrected chi connectivity index (χ2v) is 7.90. The number of hydrogen-bond acceptors (Lipinski definition) is 4. The summed E-state index contributed by atoms with van der Waals surface area (Å²) in [5.74, 6) is 1.20. The lowest BCUT2D eigenvalue weighted by Gasteiger charge is -2.31. The quantitative estimate of drug-likeness (QED) is 0.828. The summed E-state index contributed by atoms with van der Waals surface area (Å²) in [6.07, 6.45) is 5.70. The van der Waals surface area contributed by atoms with Gasteiger partial charge in [0.1, 0.15) is 5.76 Å². The van der Waals surface area contributed by atoms with E-state index in [1.54, 1.807) is 13.0 Å². The van der Waals surface area contributed by atoms with Gasteiger partial charge in [0.15, 0.2) is 0 Å². The van der Waals surface area contributed by atoms with Crippen LogP contribution in [0.2, 0.25) is 0 Å². The molecule has 3 heterocycles. The van der Waals surface area contributed by atoms with Crippen LogP contribution >= 0.6 is 0 Å². The average molecular weight is 383 g/mol. The number of nitrogens with one attached hydrogen (secondary N) is 1. The fourth-order valence-corrected chi connectivity index (χ4v) is 3.62. The van der Waals surface area contributed by atoms with Crippen LogP contribution in [0.3, 0.4) is 0 Å². The molecule has 0 unspecified atom stereocenters. The van der Waals surface area contributed by atoms with Crippen molar-refractivity contribution in [2.75, 3.05) is 6.54 Å². The van der Waals surface area contributed by atoms with E-state index in [4.69, 9.17) is 4.42 Å². The molecule has 1 aliphatic rings. The first-order valence-electron chi connectivity index (χ1n) is 9.93. The second-order valence-electron chi connectivity index (χ2n) is 7.90. The van der Waals surface area contributed by atoms with Crippen molar-refractivity contribution in [3.63, 3.8) is 0 Å². The van der Waals surface area contributed by atoms with Crippen molar-refractivity contribution < 1.29 is 14.0 Å². The van der Waals surface area contributed by atoms with E-state index in [-0.39, 0.29) is 11.8 Å². The highest BCUT2D eigenvalue weighted by molar-refractivity contribution is 5.95. The molecule has 6 heteroatoms. The Labute approximate surface area is 166 Å². The number of carbonyl (C=O) groups excluding carboxylic acids is 2. The molecule has 0 aliphatic carbocycles. The Hall–Kier alpha value is -2.63.